The van der Waals surface area contributed by atoms with Gasteiger partial charge in [0.1, 0.15) is 5.75 Å². The summed E-state index contributed by atoms with van der Waals surface area (Å²) in [7, 11) is 0. The smallest absolute Gasteiger partial charge is 0.258 e. The lowest BCUT2D eigenvalue weighted by Crippen LogP contribution is -2.31. The number of ether oxygens (including phenoxy) is 2. The maximum absolute atomic E-state index is 11.7. The van der Waals surface area contributed by atoms with Crippen molar-refractivity contribution in [1.82, 2.24) is 5.32 Å². The minimum atomic E-state index is -0.199. The molecule has 2 rings (SSSR count). The fraction of sp³-hybridized carbons (Fsp3) is 0.235. The van der Waals surface area contributed by atoms with Crippen molar-refractivity contribution in [3.63, 3.8) is 0 Å². The molecular formula is C17H17BrClNO3. The zero-order valence-corrected chi connectivity index (χ0v) is 14.8. The van der Waals surface area contributed by atoms with Crippen LogP contribution in [0, 0.1) is 0 Å². The van der Waals surface area contributed by atoms with E-state index in [9.17, 15) is 4.79 Å². The predicted octanol–water partition coefficient (Wildman–Crippen LogP) is 3.81. The van der Waals surface area contributed by atoms with Crippen LogP contribution in [0.3, 0.4) is 0 Å². The van der Waals surface area contributed by atoms with E-state index in [1.807, 2.05) is 30.3 Å². The van der Waals surface area contributed by atoms with Gasteiger partial charge in [0.15, 0.2) is 6.61 Å². The van der Waals surface area contributed by atoms with E-state index in [0.717, 1.165) is 5.56 Å². The summed E-state index contributed by atoms with van der Waals surface area (Å²) < 4.78 is 11.6. The third kappa shape index (κ3) is 6.60. The molecule has 1 N–H and O–H groups in total. The highest BCUT2D eigenvalue weighted by Gasteiger charge is 2.05. The van der Waals surface area contributed by atoms with E-state index >= 15 is 0 Å². The third-order valence-electron chi connectivity index (χ3n) is 2.93. The van der Waals surface area contributed by atoms with E-state index in [4.69, 9.17) is 21.1 Å². The Labute approximate surface area is 148 Å². The zero-order chi connectivity index (χ0) is 16.5. The Morgan fingerprint density at radius 3 is 2.70 bits per heavy atom. The first-order valence-electron chi connectivity index (χ1n) is 7.11. The Balaban J connectivity index is 1.60. The molecule has 0 saturated carbocycles. The summed E-state index contributed by atoms with van der Waals surface area (Å²) in [6.07, 6.45) is 0. The topological polar surface area (TPSA) is 47.6 Å². The maximum atomic E-state index is 11.7. The Hall–Kier alpha value is -1.56. The number of amides is 1. The minimum absolute atomic E-state index is 0.0566. The van der Waals surface area contributed by atoms with Crippen LogP contribution in [0.25, 0.3) is 0 Å². The molecule has 2 aromatic carbocycles. The molecule has 0 unspecified atom stereocenters. The number of carbonyl (C=O) groups excluding carboxylic acids is 1. The van der Waals surface area contributed by atoms with Gasteiger partial charge in [0.25, 0.3) is 5.91 Å². The van der Waals surface area contributed by atoms with Gasteiger partial charge in [-0.1, -0.05) is 41.9 Å². The molecule has 122 valence electrons. The summed E-state index contributed by atoms with van der Waals surface area (Å²) >= 11 is 9.17. The summed E-state index contributed by atoms with van der Waals surface area (Å²) in [4.78, 5) is 11.7. The number of halogens is 2. The summed E-state index contributed by atoms with van der Waals surface area (Å²) in [5.74, 6) is 0.375. The molecule has 0 aliphatic heterocycles. The van der Waals surface area contributed by atoms with Crippen molar-refractivity contribution in [3.8, 4) is 5.75 Å². The lowest BCUT2D eigenvalue weighted by molar-refractivity contribution is -0.123. The van der Waals surface area contributed by atoms with E-state index in [1.54, 1.807) is 18.2 Å². The van der Waals surface area contributed by atoms with E-state index in [1.165, 1.54) is 0 Å². The van der Waals surface area contributed by atoms with Crippen molar-refractivity contribution in [2.45, 2.75) is 6.61 Å². The SMILES string of the molecule is O=C(COc1ccc(Cl)cc1Br)NCCOCc1ccccc1. The first-order chi connectivity index (χ1) is 11.1. The van der Waals surface area contributed by atoms with Crippen LogP contribution >= 0.6 is 27.5 Å². The second kappa shape index (κ2) is 9.55. The van der Waals surface area contributed by atoms with Crippen LogP contribution in [-0.2, 0) is 16.1 Å². The molecule has 1 amide bonds. The molecule has 0 atom stereocenters. The van der Waals surface area contributed by atoms with Gasteiger partial charge in [0, 0.05) is 11.6 Å². The van der Waals surface area contributed by atoms with Crippen LogP contribution in [-0.4, -0.2) is 25.7 Å². The monoisotopic (exact) mass is 397 g/mol. The first-order valence-corrected chi connectivity index (χ1v) is 8.28. The van der Waals surface area contributed by atoms with Crippen LogP contribution < -0.4 is 10.1 Å². The van der Waals surface area contributed by atoms with Gasteiger partial charge in [0.2, 0.25) is 0 Å². The summed E-state index contributed by atoms with van der Waals surface area (Å²) in [6, 6.07) is 15.0. The highest BCUT2D eigenvalue weighted by atomic mass is 79.9. The highest BCUT2D eigenvalue weighted by Crippen LogP contribution is 2.27. The quantitative estimate of drug-likeness (QED) is 0.688. The van der Waals surface area contributed by atoms with E-state index < -0.39 is 0 Å². The molecule has 6 heteroatoms. The van der Waals surface area contributed by atoms with Crippen LogP contribution in [0.15, 0.2) is 53.0 Å². The van der Waals surface area contributed by atoms with Gasteiger partial charge in [-0.05, 0) is 39.7 Å². The first kappa shape index (κ1) is 17.8. The minimum Gasteiger partial charge on any atom is -0.483 e. The molecule has 0 aliphatic rings. The van der Waals surface area contributed by atoms with Gasteiger partial charge < -0.3 is 14.8 Å². The molecule has 2 aromatic rings. The second-order valence-electron chi connectivity index (χ2n) is 4.75. The van der Waals surface area contributed by atoms with E-state index in [-0.39, 0.29) is 12.5 Å². The van der Waals surface area contributed by atoms with Crippen LogP contribution in [0.2, 0.25) is 5.02 Å². The molecule has 0 aromatic heterocycles. The van der Waals surface area contributed by atoms with Crippen molar-refractivity contribution < 1.29 is 14.3 Å². The number of hydrogen-bond donors (Lipinski definition) is 1. The molecular weight excluding hydrogens is 382 g/mol. The molecule has 0 aliphatic carbocycles. The number of carbonyl (C=O) groups is 1. The lowest BCUT2D eigenvalue weighted by atomic mass is 10.2. The molecule has 0 fully saturated rings. The van der Waals surface area contributed by atoms with Gasteiger partial charge in [-0.15, -0.1) is 0 Å². The number of hydrogen-bond acceptors (Lipinski definition) is 3. The van der Waals surface area contributed by atoms with Gasteiger partial charge in [0.05, 0.1) is 17.7 Å². The average molecular weight is 399 g/mol. The Morgan fingerprint density at radius 2 is 1.96 bits per heavy atom. The van der Waals surface area contributed by atoms with E-state index in [0.29, 0.717) is 35.0 Å². The molecule has 4 nitrogen and oxygen atoms in total. The second-order valence-corrected chi connectivity index (χ2v) is 6.04. The molecule has 0 saturated heterocycles. The summed E-state index contributed by atoms with van der Waals surface area (Å²) in [5, 5.41) is 3.34. The number of rotatable bonds is 8. The molecule has 23 heavy (non-hydrogen) atoms. The zero-order valence-electron chi connectivity index (χ0n) is 12.4. The van der Waals surface area contributed by atoms with E-state index in [2.05, 4.69) is 21.2 Å². The van der Waals surface area contributed by atoms with Gasteiger partial charge in [-0.2, -0.15) is 0 Å². The lowest BCUT2D eigenvalue weighted by Gasteiger charge is -2.09. The Kier molecular flexibility index (Phi) is 7.39. The Bertz CT molecular complexity index is 637. The van der Waals surface area contributed by atoms with Crippen LogP contribution in [0.1, 0.15) is 5.56 Å². The molecule has 0 spiro atoms. The van der Waals surface area contributed by atoms with Crippen molar-refractivity contribution >= 4 is 33.4 Å². The number of benzene rings is 2. The summed E-state index contributed by atoms with van der Waals surface area (Å²) in [6.45, 7) is 1.37. The normalized spacial score (nSPS) is 10.3. The van der Waals surface area contributed by atoms with Crippen molar-refractivity contribution in [1.29, 1.82) is 0 Å². The standard InChI is InChI=1S/C17H17BrClNO3/c18-15-10-14(19)6-7-16(15)23-12-17(21)20-8-9-22-11-13-4-2-1-3-5-13/h1-7,10H,8-9,11-12H2,(H,20,21). The highest BCUT2D eigenvalue weighted by molar-refractivity contribution is 9.10. The molecule has 0 bridgehead atoms. The average Bonchev–Trinajstić information content (AvgIpc) is 2.54. The third-order valence-corrected chi connectivity index (χ3v) is 3.79. The van der Waals surface area contributed by atoms with Gasteiger partial charge >= 0.3 is 0 Å². The van der Waals surface area contributed by atoms with Crippen LogP contribution in [0.5, 0.6) is 5.75 Å². The fourth-order valence-electron chi connectivity index (χ4n) is 1.81. The van der Waals surface area contributed by atoms with Crippen LogP contribution in [0.4, 0.5) is 0 Å². The largest absolute Gasteiger partial charge is 0.483 e. The Morgan fingerprint density at radius 1 is 1.17 bits per heavy atom. The summed E-state index contributed by atoms with van der Waals surface area (Å²) in [5.41, 5.74) is 1.11. The van der Waals surface area contributed by atoms with Crippen molar-refractivity contribution in [2.24, 2.45) is 0 Å². The van der Waals surface area contributed by atoms with Crippen molar-refractivity contribution in [2.75, 3.05) is 19.8 Å². The predicted molar refractivity (Wildman–Crippen MR) is 93.8 cm³/mol. The van der Waals surface area contributed by atoms with Gasteiger partial charge in [-0.25, -0.2) is 0 Å². The van der Waals surface area contributed by atoms with Crippen molar-refractivity contribution in [3.05, 3.63) is 63.6 Å². The molecule has 0 heterocycles. The maximum Gasteiger partial charge on any atom is 0.258 e. The van der Waals surface area contributed by atoms with Gasteiger partial charge in [-0.3, -0.25) is 4.79 Å². The fourth-order valence-corrected chi connectivity index (χ4v) is 2.61. The molecule has 0 radical (unpaired) electrons. The number of nitrogens with one attached hydrogen (secondary N) is 1.